The molecule has 0 fully saturated rings. The fourth-order valence-electron chi connectivity index (χ4n) is 4.28. The lowest BCUT2D eigenvalue weighted by Gasteiger charge is -2.34. The molecule has 0 bridgehead atoms. The number of thiophene rings is 1. The van der Waals surface area contributed by atoms with E-state index in [1.54, 1.807) is 24.3 Å². The third kappa shape index (κ3) is 6.73. The second-order valence-electron chi connectivity index (χ2n) is 9.60. The number of ether oxygens (including phenoxy) is 1. The molecule has 0 saturated heterocycles. The third-order valence-corrected chi connectivity index (χ3v) is 7.76. The lowest BCUT2D eigenvalue weighted by molar-refractivity contribution is -0.148. The Morgan fingerprint density at radius 1 is 1.05 bits per heavy atom. The number of carbonyl (C=O) groups excluding carboxylic acids is 2. The van der Waals surface area contributed by atoms with Crippen LogP contribution in [0.5, 0.6) is 0 Å². The Morgan fingerprint density at radius 2 is 1.70 bits per heavy atom. The van der Waals surface area contributed by atoms with Crippen molar-refractivity contribution in [2.75, 3.05) is 11.8 Å². The van der Waals surface area contributed by atoms with E-state index < -0.39 is 22.8 Å². The molecule has 1 aromatic heterocycles. The highest BCUT2D eigenvalue weighted by Crippen LogP contribution is 2.38. The van der Waals surface area contributed by atoms with Gasteiger partial charge in [0.25, 0.3) is 11.3 Å². The molecule has 2 aromatic carbocycles. The molecule has 1 heterocycles. The Morgan fingerprint density at radius 3 is 2.24 bits per heavy atom. The molecule has 0 aliphatic heterocycles. The van der Waals surface area contributed by atoms with E-state index in [0.29, 0.717) is 16.5 Å². The summed E-state index contributed by atoms with van der Waals surface area (Å²) in [6, 6.07) is 18.5. The summed E-state index contributed by atoms with van der Waals surface area (Å²) >= 11 is -0.700. The van der Waals surface area contributed by atoms with Crippen molar-refractivity contribution in [2.45, 2.75) is 46.2 Å². The van der Waals surface area contributed by atoms with E-state index in [2.05, 4.69) is 23.9 Å². The van der Waals surface area contributed by atoms with Crippen molar-refractivity contribution in [1.82, 2.24) is 5.32 Å². The summed E-state index contributed by atoms with van der Waals surface area (Å²) in [5, 5.41) is 3.85. The molecule has 0 aliphatic rings. The maximum atomic E-state index is 13.6. The minimum atomic E-state index is -2.17. The number of Topliss-reactive ketones (excluding diaryl/α,β-unsaturated/α-hetero) is 1. The number of nitrogens with one attached hydrogen (secondary N) is 2. The van der Waals surface area contributed by atoms with Crippen LogP contribution >= 0.6 is 11.3 Å². The van der Waals surface area contributed by atoms with Crippen LogP contribution in [0.15, 0.2) is 60.7 Å². The van der Waals surface area contributed by atoms with Gasteiger partial charge in [0.05, 0.1) is 7.11 Å². The molecule has 7 nitrogen and oxygen atoms in total. The molecule has 3 N–H and O–H groups in total. The SMILES string of the molecule is COC(=O)C(NCc1ccc(-c2cc(CC(C)C)sc2NS(=O)O)cc1)(C(=O)c1ccccc1)C(C)C. The molecule has 37 heavy (non-hydrogen) atoms. The number of methoxy groups -OCH3 is 1. The minimum Gasteiger partial charge on any atom is -0.467 e. The van der Waals surface area contributed by atoms with Crippen LogP contribution in [0.1, 0.15) is 48.5 Å². The standard InChI is InChI=1S/C28H34N2O5S2/c1-18(2)15-23-16-24(26(36-23)30-37(33)34)21-13-11-20(12-14-21)17-29-28(19(3)4,27(32)35-5)25(31)22-9-7-6-8-10-22/h6-14,16,18-19,29-30H,15,17H2,1-5H3,(H,33,34). The maximum Gasteiger partial charge on any atom is 0.334 e. The summed E-state index contributed by atoms with van der Waals surface area (Å²) in [6.45, 7) is 8.16. The Hall–Kier alpha value is -2.85. The average molecular weight is 543 g/mol. The Bertz CT molecular complexity index is 1240. The molecular weight excluding hydrogens is 508 g/mol. The number of rotatable bonds is 12. The molecule has 3 rings (SSSR count). The zero-order valence-corrected chi connectivity index (χ0v) is 23.4. The smallest absolute Gasteiger partial charge is 0.334 e. The van der Waals surface area contributed by atoms with Gasteiger partial charge in [0.1, 0.15) is 5.00 Å². The quantitative estimate of drug-likeness (QED) is 0.117. The van der Waals surface area contributed by atoms with E-state index in [-0.39, 0.29) is 18.2 Å². The van der Waals surface area contributed by atoms with Crippen LogP contribution in [0.4, 0.5) is 5.00 Å². The average Bonchev–Trinajstić information content (AvgIpc) is 3.25. The first-order valence-corrected chi connectivity index (χ1v) is 14.0. The van der Waals surface area contributed by atoms with Gasteiger partial charge >= 0.3 is 5.97 Å². The first kappa shape index (κ1) is 28.7. The van der Waals surface area contributed by atoms with Crippen molar-refractivity contribution in [3.63, 3.8) is 0 Å². The second kappa shape index (κ2) is 12.6. The fraction of sp³-hybridized carbons (Fsp3) is 0.357. The number of hydrogen-bond acceptors (Lipinski definition) is 6. The first-order chi connectivity index (χ1) is 17.6. The van der Waals surface area contributed by atoms with Crippen molar-refractivity contribution in [1.29, 1.82) is 0 Å². The van der Waals surface area contributed by atoms with Gasteiger partial charge in [-0.05, 0) is 35.4 Å². The van der Waals surface area contributed by atoms with E-state index in [0.717, 1.165) is 28.0 Å². The highest BCUT2D eigenvalue weighted by molar-refractivity contribution is 7.80. The van der Waals surface area contributed by atoms with Crippen molar-refractivity contribution < 1.29 is 23.1 Å². The highest BCUT2D eigenvalue weighted by atomic mass is 32.2. The van der Waals surface area contributed by atoms with E-state index in [9.17, 15) is 18.4 Å². The van der Waals surface area contributed by atoms with Crippen molar-refractivity contribution in [2.24, 2.45) is 11.8 Å². The van der Waals surface area contributed by atoms with E-state index >= 15 is 0 Å². The van der Waals surface area contributed by atoms with E-state index in [1.165, 1.54) is 18.4 Å². The molecular formula is C28H34N2O5S2. The van der Waals surface area contributed by atoms with Gasteiger partial charge in [-0.1, -0.05) is 82.3 Å². The van der Waals surface area contributed by atoms with Gasteiger partial charge in [-0.15, -0.1) is 11.3 Å². The number of ketones is 1. The molecule has 2 unspecified atom stereocenters. The van der Waals surface area contributed by atoms with Crippen molar-refractivity contribution in [3.8, 4) is 11.1 Å². The maximum absolute atomic E-state index is 13.6. The lowest BCUT2D eigenvalue weighted by atomic mass is 9.79. The van der Waals surface area contributed by atoms with Crippen molar-refractivity contribution in [3.05, 3.63) is 76.7 Å². The minimum absolute atomic E-state index is 0.264. The van der Waals surface area contributed by atoms with Gasteiger partial charge in [-0.2, -0.15) is 0 Å². The molecule has 0 aliphatic carbocycles. The molecule has 198 valence electrons. The Labute approximate surface area is 225 Å². The summed E-state index contributed by atoms with van der Waals surface area (Å²) in [4.78, 5) is 27.7. The topological polar surface area (TPSA) is 105 Å². The van der Waals surface area contributed by atoms with Gasteiger partial charge in [0, 0.05) is 22.5 Å². The second-order valence-corrected chi connectivity index (χ2v) is 11.4. The molecule has 0 radical (unpaired) electrons. The predicted octanol–water partition coefficient (Wildman–Crippen LogP) is 5.70. The van der Waals surface area contributed by atoms with Crippen LogP contribution in [0.2, 0.25) is 0 Å². The van der Waals surface area contributed by atoms with Crippen molar-refractivity contribution >= 4 is 39.4 Å². The monoisotopic (exact) mass is 542 g/mol. The zero-order valence-electron chi connectivity index (χ0n) is 21.7. The molecule has 0 amide bonds. The number of esters is 1. The van der Waals surface area contributed by atoms with E-state index in [1.807, 2.05) is 50.2 Å². The molecule has 3 aromatic rings. The lowest BCUT2D eigenvalue weighted by Crippen LogP contribution is -2.62. The normalized spacial score (nSPS) is 13.8. The van der Waals surface area contributed by atoms with Crippen LogP contribution in [-0.2, 0) is 33.8 Å². The molecule has 9 heteroatoms. The summed E-state index contributed by atoms with van der Waals surface area (Å²) in [5.41, 5.74) is 1.51. The van der Waals surface area contributed by atoms with Gasteiger partial charge in [-0.25, -0.2) is 9.00 Å². The van der Waals surface area contributed by atoms with Gasteiger partial charge in [0.2, 0.25) is 0 Å². The Balaban J connectivity index is 1.88. The number of hydrogen-bond donors (Lipinski definition) is 3. The third-order valence-electron chi connectivity index (χ3n) is 6.18. The summed E-state index contributed by atoms with van der Waals surface area (Å²) in [7, 11) is 1.29. The number of anilines is 1. The summed E-state index contributed by atoms with van der Waals surface area (Å²) < 4.78 is 28.5. The van der Waals surface area contributed by atoms with Gasteiger partial charge in [0.15, 0.2) is 11.3 Å². The summed E-state index contributed by atoms with van der Waals surface area (Å²) in [6.07, 6.45) is 0.875. The van der Waals surface area contributed by atoms with Crippen LogP contribution in [-0.4, -0.2) is 33.2 Å². The number of carbonyl (C=O) groups is 2. The largest absolute Gasteiger partial charge is 0.467 e. The predicted molar refractivity (Wildman–Crippen MR) is 150 cm³/mol. The van der Waals surface area contributed by atoms with Crippen LogP contribution in [0.3, 0.4) is 0 Å². The number of benzene rings is 2. The Kier molecular flexibility index (Phi) is 9.78. The van der Waals surface area contributed by atoms with Crippen LogP contribution < -0.4 is 10.0 Å². The van der Waals surface area contributed by atoms with E-state index in [4.69, 9.17) is 4.74 Å². The van der Waals surface area contributed by atoms with Gasteiger partial charge < -0.3 is 4.74 Å². The summed E-state index contributed by atoms with van der Waals surface area (Å²) in [5.74, 6) is -0.876. The van der Waals surface area contributed by atoms with Crippen LogP contribution in [0.25, 0.3) is 11.1 Å². The van der Waals surface area contributed by atoms with Gasteiger partial charge in [-0.3, -0.25) is 19.4 Å². The fourth-order valence-corrected chi connectivity index (χ4v) is 6.08. The van der Waals surface area contributed by atoms with Crippen LogP contribution in [0, 0.1) is 11.8 Å². The first-order valence-electron chi connectivity index (χ1n) is 12.1. The highest BCUT2D eigenvalue weighted by Gasteiger charge is 2.49. The zero-order chi connectivity index (χ0) is 27.2. The molecule has 0 spiro atoms. The molecule has 2 atom stereocenters. The molecule has 0 saturated carbocycles.